The number of carbonyl (C=O) groups is 3. The molecule has 0 radical (unpaired) electrons. The first-order valence-corrected chi connectivity index (χ1v) is 31.0. The molecule has 6 heteroatoms. The molecule has 410 valence electrons. The van der Waals surface area contributed by atoms with Gasteiger partial charge >= 0.3 is 17.9 Å². The molecule has 0 aromatic rings. The van der Waals surface area contributed by atoms with E-state index in [9.17, 15) is 14.4 Å². The molecule has 0 saturated heterocycles. The molecule has 0 heterocycles. The van der Waals surface area contributed by atoms with E-state index in [1.165, 1.54) is 218 Å². The normalized spacial score (nSPS) is 12.2. The second kappa shape index (κ2) is 59.2. The summed E-state index contributed by atoms with van der Waals surface area (Å²) >= 11 is 0. The Kier molecular flexibility index (Phi) is 57.2. The van der Waals surface area contributed by atoms with Crippen LogP contribution in [0.25, 0.3) is 0 Å². The molecule has 0 aliphatic carbocycles. The lowest BCUT2D eigenvalue weighted by atomic mass is 10.0. The Bertz CT molecular complexity index is 1170. The van der Waals surface area contributed by atoms with Crippen LogP contribution < -0.4 is 0 Å². The molecule has 0 aromatic carbocycles. The summed E-state index contributed by atoms with van der Waals surface area (Å²) < 4.78 is 16.8. The van der Waals surface area contributed by atoms with E-state index in [1.54, 1.807) is 0 Å². The monoisotopic (exact) mass is 983 g/mol. The van der Waals surface area contributed by atoms with E-state index in [4.69, 9.17) is 14.2 Å². The molecule has 0 fully saturated rings. The first kappa shape index (κ1) is 67.6. The second-order valence-corrected chi connectivity index (χ2v) is 21.0. The van der Waals surface area contributed by atoms with Crippen LogP contribution in [-0.2, 0) is 28.6 Å². The van der Waals surface area contributed by atoms with Crippen molar-refractivity contribution in [1.82, 2.24) is 0 Å². The molecule has 0 aromatic heterocycles. The van der Waals surface area contributed by atoms with E-state index in [-0.39, 0.29) is 31.1 Å². The smallest absolute Gasteiger partial charge is 0.306 e. The minimum atomic E-state index is -0.770. The average molecular weight is 984 g/mol. The molecule has 70 heavy (non-hydrogen) atoms. The third-order valence-electron chi connectivity index (χ3n) is 13.9. The van der Waals surface area contributed by atoms with Crippen LogP contribution in [0.4, 0.5) is 0 Å². The predicted molar refractivity (Wildman–Crippen MR) is 302 cm³/mol. The van der Waals surface area contributed by atoms with Gasteiger partial charge in [0.05, 0.1) is 0 Å². The van der Waals surface area contributed by atoms with Gasteiger partial charge in [-0.25, -0.2) is 0 Å². The van der Waals surface area contributed by atoms with Gasteiger partial charge in [-0.3, -0.25) is 14.4 Å². The highest BCUT2D eigenvalue weighted by Gasteiger charge is 2.19. The Labute approximate surface area is 435 Å². The lowest BCUT2D eigenvalue weighted by molar-refractivity contribution is -0.167. The SMILES string of the molecule is CCCCCCC/C=C\C/C=C\C/C=C\CCCCCCCCCCC(=O)OCC(COC(=O)CCCCCCCCC)OC(=O)CCCCCCCCCCCCCCCCCCCCCCCC. The highest BCUT2D eigenvalue weighted by Crippen LogP contribution is 2.17. The van der Waals surface area contributed by atoms with Gasteiger partial charge in [-0.05, 0) is 57.8 Å². The van der Waals surface area contributed by atoms with Gasteiger partial charge in [0.25, 0.3) is 0 Å². The van der Waals surface area contributed by atoms with Gasteiger partial charge in [-0.15, -0.1) is 0 Å². The fourth-order valence-corrected chi connectivity index (χ4v) is 9.22. The van der Waals surface area contributed by atoms with Crippen LogP contribution >= 0.6 is 0 Å². The van der Waals surface area contributed by atoms with E-state index in [0.717, 1.165) is 77.0 Å². The topological polar surface area (TPSA) is 78.9 Å². The molecular weight excluding hydrogens is 865 g/mol. The molecule has 0 N–H and O–H groups in total. The van der Waals surface area contributed by atoms with Gasteiger partial charge in [0.2, 0.25) is 0 Å². The van der Waals surface area contributed by atoms with Crippen molar-refractivity contribution in [3.05, 3.63) is 36.5 Å². The van der Waals surface area contributed by atoms with Gasteiger partial charge < -0.3 is 14.2 Å². The number of rotatable bonds is 57. The van der Waals surface area contributed by atoms with Crippen molar-refractivity contribution in [2.75, 3.05) is 13.2 Å². The van der Waals surface area contributed by atoms with Crippen LogP contribution in [0, 0.1) is 0 Å². The average Bonchev–Trinajstić information content (AvgIpc) is 3.36. The van der Waals surface area contributed by atoms with E-state index >= 15 is 0 Å². The molecule has 1 atom stereocenters. The van der Waals surface area contributed by atoms with Crippen molar-refractivity contribution in [2.45, 2.75) is 341 Å². The van der Waals surface area contributed by atoms with Gasteiger partial charge in [0.1, 0.15) is 13.2 Å². The highest BCUT2D eigenvalue weighted by molar-refractivity contribution is 5.71. The Morgan fingerprint density at radius 2 is 0.514 bits per heavy atom. The summed E-state index contributed by atoms with van der Waals surface area (Å²) in [7, 11) is 0. The zero-order valence-corrected chi connectivity index (χ0v) is 47.1. The summed E-state index contributed by atoms with van der Waals surface area (Å²) in [5, 5.41) is 0. The Balaban J connectivity index is 4.13. The van der Waals surface area contributed by atoms with Crippen LogP contribution in [-0.4, -0.2) is 37.2 Å². The molecule has 0 spiro atoms. The van der Waals surface area contributed by atoms with Crippen molar-refractivity contribution in [1.29, 1.82) is 0 Å². The predicted octanol–water partition coefficient (Wildman–Crippen LogP) is 20.8. The van der Waals surface area contributed by atoms with Crippen LogP contribution in [0.2, 0.25) is 0 Å². The number of allylic oxidation sites excluding steroid dienone is 6. The second-order valence-electron chi connectivity index (χ2n) is 21.0. The van der Waals surface area contributed by atoms with Crippen LogP contribution in [0.3, 0.4) is 0 Å². The van der Waals surface area contributed by atoms with Gasteiger partial charge in [0, 0.05) is 19.3 Å². The molecule has 1 unspecified atom stereocenters. The van der Waals surface area contributed by atoms with Crippen molar-refractivity contribution in [3.63, 3.8) is 0 Å². The number of hydrogen-bond donors (Lipinski definition) is 0. The van der Waals surface area contributed by atoms with E-state index in [0.29, 0.717) is 19.3 Å². The summed E-state index contributed by atoms with van der Waals surface area (Å²) in [5.41, 5.74) is 0. The standard InChI is InChI=1S/C64H118O6/c1-4-7-10-13-16-18-20-22-24-26-28-30-32-34-35-37-39-41-43-45-48-51-54-57-63(66)69-60-61(59-68-62(65)56-53-50-47-15-12-9-6-3)70-64(67)58-55-52-49-46-44-42-40-38-36-33-31-29-27-25-23-21-19-17-14-11-8-5-2/h20,22,26,28,32,34,61H,4-19,21,23-25,27,29-31,33,35-60H2,1-3H3/b22-20-,28-26-,34-32-. The maximum Gasteiger partial charge on any atom is 0.306 e. The van der Waals surface area contributed by atoms with Crippen LogP contribution in [0.15, 0.2) is 36.5 Å². The summed E-state index contributed by atoms with van der Waals surface area (Å²) in [6, 6.07) is 0. The maximum atomic E-state index is 12.8. The van der Waals surface area contributed by atoms with Crippen molar-refractivity contribution >= 4 is 17.9 Å². The lowest BCUT2D eigenvalue weighted by Crippen LogP contribution is -2.30. The fourth-order valence-electron chi connectivity index (χ4n) is 9.22. The number of esters is 3. The molecule has 0 aliphatic heterocycles. The zero-order valence-electron chi connectivity index (χ0n) is 47.1. The molecular formula is C64H118O6. The number of carbonyl (C=O) groups excluding carboxylic acids is 3. The highest BCUT2D eigenvalue weighted by atomic mass is 16.6. The summed E-state index contributed by atoms with van der Waals surface area (Å²) in [6.45, 7) is 6.63. The zero-order chi connectivity index (χ0) is 50.7. The summed E-state index contributed by atoms with van der Waals surface area (Å²) in [4.78, 5) is 38.0. The van der Waals surface area contributed by atoms with E-state index in [1.807, 2.05) is 0 Å². The van der Waals surface area contributed by atoms with Crippen molar-refractivity contribution in [2.24, 2.45) is 0 Å². The van der Waals surface area contributed by atoms with Crippen LogP contribution in [0.5, 0.6) is 0 Å². The summed E-state index contributed by atoms with van der Waals surface area (Å²) in [6.07, 6.45) is 71.7. The van der Waals surface area contributed by atoms with Crippen LogP contribution in [0.1, 0.15) is 335 Å². The van der Waals surface area contributed by atoms with Gasteiger partial charge in [-0.1, -0.05) is 295 Å². The molecule has 0 aliphatic rings. The van der Waals surface area contributed by atoms with Crippen molar-refractivity contribution < 1.29 is 28.6 Å². The Hall–Kier alpha value is -2.37. The van der Waals surface area contributed by atoms with E-state index < -0.39 is 6.10 Å². The van der Waals surface area contributed by atoms with Gasteiger partial charge in [-0.2, -0.15) is 0 Å². The Morgan fingerprint density at radius 3 is 0.800 bits per heavy atom. The first-order chi connectivity index (χ1) is 34.5. The third kappa shape index (κ3) is 56.5. The molecule has 0 bridgehead atoms. The number of ether oxygens (including phenoxy) is 3. The molecule has 6 nitrogen and oxygen atoms in total. The van der Waals surface area contributed by atoms with Crippen molar-refractivity contribution in [3.8, 4) is 0 Å². The minimum absolute atomic E-state index is 0.0706. The fraction of sp³-hybridized carbons (Fsp3) is 0.859. The molecule has 0 saturated carbocycles. The van der Waals surface area contributed by atoms with E-state index in [2.05, 4.69) is 57.2 Å². The number of hydrogen-bond acceptors (Lipinski definition) is 6. The first-order valence-electron chi connectivity index (χ1n) is 31.0. The largest absolute Gasteiger partial charge is 0.462 e. The minimum Gasteiger partial charge on any atom is -0.462 e. The quantitative estimate of drug-likeness (QED) is 0.0261. The molecule has 0 rings (SSSR count). The Morgan fingerprint density at radius 1 is 0.286 bits per heavy atom. The third-order valence-corrected chi connectivity index (χ3v) is 13.9. The van der Waals surface area contributed by atoms with Gasteiger partial charge in [0.15, 0.2) is 6.10 Å². The maximum absolute atomic E-state index is 12.8. The number of unbranched alkanes of at least 4 members (excludes halogenated alkanes) is 40. The molecule has 0 amide bonds. The lowest BCUT2D eigenvalue weighted by Gasteiger charge is -2.18. The summed E-state index contributed by atoms with van der Waals surface area (Å²) in [5.74, 6) is -0.865.